The van der Waals surface area contributed by atoms with Crippen LogP contribution in [-0.4, -0.2) is 49.3 Å². The van der Waals surface area contributed by atoms with Gasteiger partial charge in [0.1, 0.15) is 17.0 Å². The molecule has 22 heavy (non-hydrogen) atoms. The highest BCUT2D eigenvalue weighted by atomic mass is 32.1. The SMILES string of the molecule is S=c1ccc(-c2ccc(OCCN3CCOCC3)cc2)c[nH]1. The Bertz CT molecular complexity index is 628. The number of hydrogen-bond donors (Lipinski definition) is 1. The minimum Gasteiger partial charge on any atom is -0.492 e. The minimum absolute atomic E-state index is 0.706. The first-order valence-corrected chi connectivity index (χ1v) is 7.94. The summed E-state index contributed by atoms with van der Waals surface area (Å²) >= 11 is 5.06. The van der Waals surface area contributed by atoms with Gasteiger partial charge in [0.05, 0.1) is 13.2 Å². The van der Waals surface area contributed by atoms with Crippen LogP contribution in [0.5, 0.6) is 5.75 Å². The fourth-order valence-electron chi connectivity index (χ4n) is 2.45. The Kier molecular flexibility index (Phi) is 5.21. The van der Waals surface area contributed by atoms with Gasteiger partial charge in [0.25, 0.3) is 0 Å². The van der Waals surface area contributed by atoms with Crippen LogP contribution in [0.4, 0.5) is 0 Å². The Morgan fingerprint density at radius 3 is 2.45 bits per heavy atom. The second-order valence-corrected chi connectivity index (χ2v) is 5.71. The maximum absolute atomic E-state index is 5.81. The predicted octanol–water partition coefficient (Wildman–Crippen LogP) is 3.12. The molecule has 4 nitrogen and oxygen atoms in total. The van der Waals surface area contributed by atoms with Crippen molar-refractivity contribution >= 4 is 12.2 Å². The molecule has 3 rings (SSSR count). The van der Waals surface area contributed by atoms with Gasteiger partial charge in [-0.3, -0.25) is 4.90 Å². The van der Waals surface area contributed by atoms with Gasteiger partial charge in [-0.2, -0.15) is 0 Å². The lowest BCUT2D eigenvalue weighted by atomic mass is 10.1. The van der Waals surface area contributed by atoms with Crippen LogP contribution in [-0.2, 0) is 4.74 Å². The van der Waals surface area contributed by atoms with Crippen molar-refractivity contribution in [1.82, 2.24) is 9.88 Å². The average molecular weight is 316 g/mol. The molecular weight excluding hydrogens is 296 g/mol. The van der Waals surface area contributed by atoms with Crippen LogP contribution < -0.4 is 4.74 Å². The van der Waals surface area contributed by atoms with Gasteiger partial charge in [0.15, 0.2) is 0 Å². The van der Waals surface area contributed by atoms with Crippen LogP contribution >= 0.6 is 12.2 Å². The Hall–Kier alpha value is -1.69. The van der Waals surface area contributed by atoms with Crippen LogP contribution in [0, 0.1) is 4.64 Å². The molecule has 0 saturated carbocycles. The summed E-state index contributed by atoms with van der Waals surface area (Å²) in [6, 6.07) is 12.1. The van der Waals surface area contributed by atoms with Crippen molar-refractivity contribution in [2.45, 2.75) is 0 Å². The molecule has 0 radical (unpaired) electrons. The predicted molar refractivity (Wildman–Crippen MR) is 89.8 cm³/mol. The molecule has 5 heteroatoms. The van der Waals surface area contributed by atoms with E-state index in [1.807, 2.05) is 30.5 Å². The topological polar surface area (TPSA) is 37.5 Å². The first-order valence-electron chi connectivity index (χ1n) is 7.53. The van der Waals surface area contributed by atoms with Crippen molar-refractivity contribution in [2.24, 2.45) is 0 Å². The van der Waals surface area contributed by atoms with Crippen LogP contribution in [0.25, 0.3) is 11.1 Å². The van der Waals surface area contributed by atoms with Gasteiger partial charge in [0, 0.05) is 25.8 Å². The summed E-state index contributed by atoms with van der Waals surface area (Å²) < 4.78 is 11.9. The molecule has 0 amide bonds. The second-order valence-electron chi connectivity index (χ2n) is 5.27. The van der Waals surface area contributed by atoms with Crippen molar-refractivity contribution in [3.63, 3.8) is 0 Å². The zero-order chi connectivity index (χ0) is 15.2. The molecule has 0 spiro atoms. The molecule has 1 aliphatic rings. The zero-order valence-electron chi connectivity index (χ0n) is 12.5. The normalized spacial score (nSPS) is 15.6. The first kappa shape index (κ1) is 15.2. The number of benzene rings is 1. The third-order valence-electron chi connectivity index (χ3n) is 3.75. The van der Waals surface area contributed by atoms with Crippen molar-refractivity contribution < 1.29 is 9.47 Å². The average Bonchev–Trinajstić information content (AvgIpc) is 2.57. The molecule has 1 fully saturated rings. The molecule has 116 valence electrons. The smallest absolute Gasteiger partial charge is 0.119 e. The number of nitrogens with one attached hydrogen (secondary N) is 1. The Morgan fingerprint density at radius 2 is 1.77 bits per heavy atom. The van der Waals surface area contributed by atoms with Gasteiger partial charge in [-0.25, -0.2) is 0 Å². The molecule has 1 saturated heterocycles. The molecule has 2 aromatic rings. The van der Waals surface area contributed by atoms with Crippen LogP contribution in [0.2, 0.25) is 0 Å². The quantitative estimate of drug-likeness (QED) is 0.860. The Balaban J connectivity index is 1.52. The lowest BCUT2D eigenvalue weighted by molar-refractivity contribution is 0.0322. The van der Waals surface area contributed by atoms with Crippen LogP contribution in [0.15, 0.2) is 42.6 Å². The summed E-state index contributed by atoms with van der Waals surface area (Å²) in [4.78, 5) is 5.42. The maximum Gasteiger partial charge on any atom is 0.119 e. The molecule has 1 aromatic heterocycles. The standard InChI is InChI=1S/C17H20N2O2S/c22-17-6-3-15(13-18-17)14-1-4-16(5-2-14)21-12-9-19-7-10-20-11-8-19/h1-6,13H,7-12H2,(H,18,22). The number of hydrogen-bond acceptors (Lipinski definition) is 4. The highest BCUT2D eigenvalue weighted by Crippen LogP contribution is 2.21. The summed E-state index contributed by atoms with van der Waals surface area (Å²) in [6.07, 6.45) is 1.93. The van der Waals surface area contributed by atoms with Gasteiger partial charge in [0.2, 0.25) is 0 Å². The fourth-order valence-corrected chi connectivity index (χ4v) is 2.58. The summed E-state index contributed by atoms with van der Waals surface area (Å²) in [6.45, 7) is 5.30. The summed E-state index contributed by atoms with van der Waals surface area (Å²) in [7, 11) is 0. The molecular formula is C17H20N2O2S. The monoisotopic (exact) mass is 316 g/mol. The third kappa shape index (κ3) is 4.16. The lowest BCUT2D eigenvalue weighted by Gasteiger charge is -2.26. The zero-order valence-corrected chi connectivity index (χ0v) is 13.3. The van der Waals surface area contributed by atoms with E-state index in [9.17, 15) is 0 Å². The lowest BCUT2D eigenvalue weighted by Crippen LogP contribution is -2.38. The van der Waals surface area contributed by atoms with Gasteiger partial charge < -0.3 is 14.5 Å². The summed E-state index contributed by atoms with van der Waals surface area (Å²) in [5.74, 6) is 0.904. The summed E-state index contributed by atoms with van der Waals surface area (Å²) in [5, 5.41) is 0. The van der Waals surface area contributed by atoms with Crippen molar-refractivity contribution in [1.29, 1.82) is 0 Å². The third-order valence-corrected chi connectivity index (χ3v) is 4.01. The van der Waals surface area contributed by atoms with E-state index in [-0.39, 0.29) is 0 Å². The molecule has 0 unspecified atom stereocenters. The van der Waals surface area contributed by atoms with E-state index in [0.717, 1.165) is 54.4 Å². The number of pyridine rings is 1. The minimum atomic E-state index is 0.706. The van der Waals surface area contributed by atoms with E-state index in [1.54, 1.807) is 0 Å². The van der Waals surface area contributed by atoms with Gasteiger partial charge >= 0.3 is 0 Å². The van der Waals surface area contributed by atoms with Crippen molar-refractivity contribution in [2.75, 3.05) is 39.5 Å². The number of H-pyrrole nitrogens is 1. The van der Waals surface area contributed by atoms with Crippen molar-refractivity contribution in [3.05, 3.63) is 47.2 Å². The largest absolute Gasteiger partial charge is 0.492 e. The highest BCUT2D eigenvalue weighted by Gasteiger charge is 2.09. The van der Waals surface area contributed by atoms with Crippen LogP contribution in [0.1, 0.15) is 0 Å². The fraction of sp³-hybridized carbons (Fsp3) is 0.353. The van der Waals surface area contributed by atoms with Gasteiger partial charge in [-0.15, -0.1) is 0 Å². The highest BCUT2D eigenvalue weighted by molar-refractivity contribution is 7.71. The first-order chi connectivity index (χ1) is 10.8. The van der Waals surface area contributed by atoms with Gasteiger partial charge in [-0.05, 0) is 35.4 Å². The van der Waals surface area contributed by atoms with E-state index < -0.39 is 0 Å². The molecule has 2 heterocycles. The maximum atomic E-state index is 5.81. The van der Waals surface area contributed by atoms with E-state index in [0.29, 0.717) is 6.61 Å². The molecule has 0 atom stereocenters. The summed E-state index contributed by atoms with van der Waals surface area (Å²) in [5.41, 5.74) is 2.26. The van der Waals surface area contributed by atoms with E-state index in [1.165, 1.54) is 0 Å². The van der Waals surface area contributed by atoms with Gasteiger partial charge in [-0.1, -0.05) is 24.4 Å². The number of nitrogens with zero attached hydrogens (tertiary/aromatic N) is 1. The van der Waals surface area contributed by atoms with E-state index in [4.69, 9.17) is 21.7 Å². The number of rotatable bonds is 5. The van der Waals surface area contributed by atoms with E-state index in [2.05, 4.69) is 22.0 Å². The van der Waals surface area contributed by atoms with E-state index >= 15 is 0 Å². The number of ether oxygens (including phenoxy) is 2. The molecule has 1 aromatic carbocycles. The Labute approximate surface area is 135 Å². The molecule has 1 aliphatic heterocycles. The van der Waals surface area contributed by atoms with Crippen LogP contribution in [0.3, 0.4) is 0 Å². The number of morpholine rings is 1. The van der Waals surface area contributed by atoms with Crippen molar-refractivity contribution in [3.8, 4) is 16.9 Å². The molecule has 1 N–H and O–H groups in total. The number of aromatic nitrogens is 1. The molecule has 0 bridgehead atoms. The molecule has 0 aliphatic carbocycles. The number of aromatic amines is 1. The Morgan fingerprint density at radius 1 is 1.05 bits per heavy atom. The second kappa shape index (κ2) is 7.54.